The number of hydrogen-bond donors (Lipinski definition) is 1. The first-order chi connectivity index (χ1) is 11.1. The smallest absolute Gasteiger partial charge is 0.242 e. The van der Waals surface area contributed by atoms with Crippen LogP contribution in [-0.4, -0.2) is 32.5 Å². The molecule has 1 fully saturated rings. The maximum atomic E-state index is 12.5. The van der Waals surface area contributed by atoms with Crippen LogP contribution in [0, 0.1) is 11.3 Å². The van der Waals surface area contributed by atoms with Crippen molar-refractivity contribution in [1.29, 1.82) is 5.26 Å². The zero-order valence-electron chi connectivity index (χ0n) is 12.4. The molecule has 0 bridgehead atoms. The van der Waals surface area contributed by atoms with E-state index in [2.05, 4.69) is 9.71 Å². The predicted octanol–water partition coefficient (Wildman–Crippen LogP) is 1.51. The summed E-state index contributed by atoms with van der Waals surface area (Å²) in [4.78, 5) is 6.35. The van der Waals surface area contributed by atoms with Crippen molar-refractivity contribution in [2.24, 2.45) is 0 Å². The van der Waals surface area contributed by atoms with Crippen molar-refractivity contribution in [2.75, 3.05) is 18.0 Å². The third-order valence-corrected chi connectivity index (χ3v) is 5.36. The molecule has 0 aliphatic carbocycles. The van der Waals surface area contributed by atoms with Crippen LogP contribution in [0.1, 0.15) is 12.0 Å². The molecule has 2 heterocycles. The number of sulfonamides is 1. The summed E-state index contributed by atoms with van der Waals surface area (Å²) in [5.41, 5.74) is 0.152. The Bertz CT molecular complexity index is 831. The number of anilines is 1. The predicted molar refractivity (Wildman–Crippen MR) is 86.3 cm³/mol. The van der Waals surface area contributed by atoms with Crippen LogP contribution < -0.4 is 9.62 Å². The van der Waals surface area contributed by atoms with E-state index in [1.165, 1.54) is 12.1 Å². The molecule has 1 aromatic carbocycles. The van der Waals surface area contributed by atoms with E-state index in [4.69, 9.17) is 5.26 Å². The van der Waals surface area contributed by atoms with Crippen molar-refractivity contribution >= 4 is 15.8 Å². The molecule has 7 heteroatoms. The zero-order chi connectivity index (χ0) is 16.3. The van der Waals surface area contributed by atoms with Gasteiger partial charge in [0.25, 0.3) is 0 Å². The Morgan fingerprint density at radius 3 is 2.74 bits per heavy atom. The maximum absolute atomic E-state index is 12.5. The van der Waals surface area contributed by atoms with Gasteiger partial charge in [-0.15, -0.1) is 0 Å². The second-order valence-electron chi connectivity index (χ2n) is 5.35. The first-order valence-electron chi connectivity index (χ1n) is 7.27. The molecule has 1 N–H and O–H groups in total. The summed E-state index contributed by atoms with van der Waals surface area (Å²) in [5.74, 6) is 0.839. The zero-order valence-corrected chi connectivity index (χ0v) is 13.2. The van der Waals surface area contributed by atoms with E-state index < -0.39 is 10.0 Å². The average molecular weight is 328 g/mol. The van der Waals surface area contributed by atoms with E-state index >= 15 is 0 Å². The van der Waals surface area contributed by atoms with Crippen molar-refractivity contribution in [1.82, 2.24) is 9.71 Å². The number of benzene rings is 1. The Hall–Kier alpha value is -2.43. The molecule has 118 valence electrons. The fourth-order valence-electron chi connectivity index (χ4n) is 2.68. The lowest BCUT2D eigenvalue weighted by Gasteiger charge is -2.18. The maximum Gasteiger partial charge on any atom is 0.242 e. The third-order valence-electron chi connectivity index (χ3n) is 3.78. The molecule has 3 rings (SSSR count). The van der Waals surface area contributed by atoms with Gasteiger partial charge in [0, 0.05) is 25.3 Å². The van der Waals surface area contributed by atoms with Gasteiger partial charge in [-0.25, -0.2) is 18.1 Å². The molecule has 0 saturated carbocycles. The van der Waals surface area contributed by atoms with Gasteiger partial charge in [-0.05, 0) is 30.7 Å². The first-order valence-corrected chi connectivity index (χ1v) is 8.76. The van der Waals surface area contributed by atoms with E-state index in [-0.39, 0.29) is 16.5 Å². The fraction of sp³-hybridized carbons (Fsp3) is 0.250. The number of nitrogens with zero attached hydrogens (tertiary/aromatic N) is 3. The van der Waals surface area contributed by atoms with Gasteiger partial charge in [0.2, 0.25) is 10.0 Å². The van der Waals surface area contributed by atoms with E-state index in [1.54, 1.807) is 18.3 Å². The molecular weight excluding hydrogens is 312 g/mol. The van der Waals surface area contributed by atoms with Gasteiger partial charge in [0.05, 0.1) is 10.5 Å². The van der Waals surface area contributed by atoms with Crippen molar-refractivity contribution < 1.29 is 8.42 Å². The van der Waals surface area contributed by atoms with Gasteiger partial charge in [0.15, 0.2) is 0 Å². The molecule has 1 aliphatic rings. The summed E-state index contributed by atoms with van der Waals surface area (Å²) in [6.45, 7) is 1.30. The number of nitriles is 1. The highest BCUT2D eigenvalue weighted by molar-refractivity contribution is 7.89. The highest BCUT2D eigenvalue weighted by Gasteiger charge is 2.28. The third kappa shape index (κ3) is 3.33. The number of hydrogen-bond acceptors (Lipinski definition) is 5. The van der Waals surface area contributed by atoms with Gasteiger partial charge < -0.3 is 4.90 Å². The second-order valence-corrected chi connectivity index (χ2v) is 7.03. The van der Waals surface area contributed by atoms with Crippen LogP contribution in [0.4, 0.5) is 5.82 Å². The SMILES string of the molecule is N#Cc1ccccc1S(=O)(=O)NC1CCN(c2ccccn2)C1. The van der Waals surface area contributed by atoms with Crippen molar-refractivity contribution in [3.63, 3.8) is 0 Å². The number of aromatic nitrogens is 1. The Balaban J connectivity index is 1.74. The lowest BCUT2D eigenvalue weighted by molar-refractivity contribution is 0.561. The Morgan fingerprint density at radius 2 is 2.00 bits per heavy atom. The topological polar surface area (TPSA) is 86.1 Å². The van der Waals surface area contributed by atoms with Gasteiger partial charge in [-0.1, -0.05) is 18.2 Å². The van der Waals surface area contributed by atoms with Crippen LogP contribution in [-0.2, 0) is 10.0 Å². The number of nitrogens with one attached hydrogen (secondary N) is 1. The molecule has 23 heavy (non-hydrogen) atoms. The molecule has 1 aliphatic heterocycles. The average Bonchev–Trinajstić information content (AvgIpc) is 3.03. The van der Waals surface area contributed by atoms with E-state index in [0.29, 0.717) is 13.0 Å². The molecule has 1 aromatic heterocycles. The van der Waals surface area contributed by atoms with Crippen LogP contribution >= 0.6 is 0 Å². The molecule has 1 saturated heterocycles. The second kappa shape index (κ2) is 6.36. The molecule has 6 nitrogen and oxygen atoms in total. The molecular formula is C16H16N4O2S. The van der Waals surface area contributed by atoms with Crippen molar-refractivity contribution in [3.05, 3.63) is 54.2 Å². The summed E-state index contributed by atoms with van der Waals surface area (Å²) in [6, 6.07) is 13.6. The minimum absolute atomic E-state index is 0.0267. The van der Waals surface area contributed by atoms with E-state index in [1.807, 2.05) is 29.2 Å². The van der Waals surface area contributed by atoms with E-state index in [0.717, 1.165) is 12.4 Å². The lowest BCUT2D eigenvalue weighted by atomic mass is 10.2. The fourth-order valence-corrected chi connectivity index (χ4v) is 4.10. The minimum atomic E-state index is -3.71. The van der Waals surface area contributed by atoms with E-state index in [9.17, 15) is 8.42 Å². The van der Waals surface area contributed by atoms with Crippen molar-refractivity contribution in [3.8, 4) is 6.07 Å². The summed E-state index contributed by atoms with van der Waals surface area (Å²) in [7, 11) is -3.71. The molecule has 0 radical (unpaired) electrons. The Kier molecular flexibility index (Phi) is 4.28. The van der Waals surface area contributed by atoms with Crippen LogP contribution in [0.25, 0.3) is 0 Å². The largest absolute Gasteiger partial charge is 0.355 e. The molecule has 1 unspecified atom stereocenters. The van der Waals surface area contributed by atoms with Crippen LogP contribution in [0.5, 0.6) is 0 Å². The van der Waals surface area contributed by atoms with Crippen molar-refractivity contribution in [2.45, 2.75) is 17.4 Å². The normalized spacial score (nSPS) is 17.9. The van der Waals surface area contributed by atoms with Gasteiger partial charge >= 0.3 is 0 Å². The Morgan fingerprint density at radius 1 is 1.22 bits per heavy atom. The highest BCUT2D eigenvalue weighted by atomic mass is 32.2. The number of pyridine rings is 1. The quantitative estimate of drug-likeness (QED) is 0.919. The van der Waals surface area contributed by atoms with Crippen LogP contribution in [0.15, 0.2) is 53.6 Å². The standard InChI is InChI=1S/C16H16N4O2S/c17-11-13-5-1-2-6-15(13)23(21,22)19-14-8-10-20(12-14)16-7-3-4-9-18-16/h1-7,9,14,19H,8,10,12H2. The first kappa shape index (κ1) is 15.5. The summed E-state index contributed by atoms with van der Waals surface area (Å²) in [6.07, 6.45) is 2.42. The summed E-state index contributed by atoms with van der Waals surface area (Å²) >= 11 is 0. The number of rotatable bonds is 4. The summed E-state index contributed by atoms with van der Waals surface area (Å²) < 4.78 is 27.7. The van der Waals surface area contributed by atoms with Crippen LogP contribution in [0.2, 0.25) is 0 Å². The van der Waals surface area contributed by atoms with Crippen LogP contribution in [0.3, 0.4) is 0 Å². The molecule has 0 amide bonds. The van der Waals surface area contributed by atoms with Gasteiger partial charge in [0.1, 0.15) is 11.9 Å². The molecule has 1 atom stereocenters. The Labute approximate surface area is 135 Å². The highest BCUT2D eigenvalue weighted by Crippen LogP contribution is 2.20. The lowest BCUT2D eigenvalue weighted by Crippen LogP contribution is -2.37. The summed E-state index contributed by atoms with van der Waals surface area (Å²) in [5, 5.41) is 9.07. The molecule has 0 spiro atoms. The molecule has 2 aromatic rings. The van der Waals surface area contributed by atoms with Gasteiger partial charge in [-0.2, -0.15) is 5.26 Å². The minimum Gasteiger partial charge on any atom is -0.355 e. The van der Waals surface area contributed by atoms with Gasteiger partial charge in [-0.3, -0.25) is 0 Å². The monoisotopic (exact) mass is 328 g/mol.